The number of benzene rings is 3. The van der Waals surface area contributed by atoms with E-state index in [0.29, 0.717) is 16.8 Å². The van der Waals surface area contributed by atoms with Crippen LogP contribution in [0.4, 0.5) is 18.9 Å². The van der Waals surface area contributed by atoms with Gasteiger partial charge in [0.2, 0.25) is 11.8 Å². The molecule has 1 aromatic heterocycles. The summed E-state index contributed by atoms with van der Waals surface area (Å²) in [4.78, 5) is 0. The molecular weight excluding hydrogens is 403 g/mol. The molecular formula is C21H13ClF3N3O. The molecule has 1 atom stereocenters. The van der Waals surface area contributed by atoms with Crippen LogP contribution >= 0.6 is 11.6 Å². The second-order valence-corrected chi connectivity index (χ2v) is 6.61. The number of anilines is 1. The number of rotatable bonds is 5. The van der Waals surface area contributed by atoms with Gasteiger partial charge in [0.05, 0.1) is 0 Å². The Labute approximate surface area is 169 Å². The van der Waals surface area contributed by atoms with Crippen LogP contribution in [0.15, 0.2) is 71.1 Å². The van der Waals surface area contributed by atoms with Crippen molar-refractivity contribution in [2.24, 2.45) is 0 Å². The van der Waals surface area contributed by atoms with Gasteiger partial charge in [0.25, 0.3) is 0 Å². The van der Waals surface area contributed by atoms with E-state index < -0.39 is 23.5 Å². The fourth-order valence-electron chi connectivity index (χ4n) is 2.81. The minimum absolute atomic E-state index is 0.114. The van der Waals surface area contributed by atoms with E-state index in [1.54, 1.807) is 6.07 Å². The van der Waals surface area contributed by atoms with E-state index >= 15 is 0 Å². The second kappa shape index (κ2) is 7.97. The predicted molar refractivity (Wildman–Crippen MR) is 103 cm³/mol. The molecule has 0 radical (unpaired) electrons. The quantitative estimate of drug-likeness (QED) is 0.433. The normalized spacial score (nSPS) is 12.0. The van der Waals surface area contributed by atoms with Crippen molar-refractivity contribution in [2.45, 2.75) is 6.04 Å². The summed E-state index contributed by atoms with van der Waals surface area (Å²) in [5.41, 5.74) is 1.45. The summed E-state index contributed by atoms with van der Waals surface area (Å²) in [7, 11) is 0. The molecule has 4 rings (SSSR count). The third-order valence-electron chi connectivity index (χ3n) is 4.19. The van der Waals surface area contributed by atoms with Crippen LogP contribution in [0.25, 0.3) is 11.5 Å². The Morgan fingerprint density at radius 1 is 0.828 bits per heavy atom. The summed E-state index contributed by atoms with van der Waals surface area (Å²) in [5, 5.41) is 11.3. The van der Waals surface area contributed by atoms with E-state index in [0.717, 1.165) is 0 Å². The van der Waals surface area contributed by atoms with Crippen molar-refractivity contribution in [3.8, 4) is 11.5 Å². The molecule has 0 aliphatic carbocycles. The molecule has 29 heavy (non-hydrogen) atoms. The highest BCUT2D eigenvalue weighted by Gasteiger charge is 2.24. The maximum absolute atomic E-state index is 13.5. The van der Waals surface area contributed by atoms with Gasteiger partial charge in [-0.05, 0) is 54.6 Å². The highest BCUT2D eigenvalue weighted by molar-refractivity contribution is 6.31. The predicted octanol–water partition coefficient (Wildman–Crippen LogP) is 6.01. The van der Waals surface area contributed by atoms with Crippen LogP contribution in [-0.4, -0.2) is 10.2 Å². The molecule has 0 saturated carbocycles. The maximum Gasteiger partial charge on any atom is 0.247 e. The standard InChI is InChI=1S/C21H13ClF3N3O/c22-18-11-15(25)6-9-17(18)19(26-16-7-4-13(23)5-8-16)21-28-27-20(29-21)12-2-1-3-14(24)10-12/h1-11,19,26H. The molecule has 8 heteroatoms. The summed E-state index contributed by atoms with van der Waals surface area (Å²) in [6.45, 7) is 0. The lowest BCUT2D eigenvalue weighted by atomic mass is 10.1. The Balaban J connectivity index is 1.74. The van der Waals surface area contributed by atoms with E-state index in [1.165, 1.54) is 60.7 Å². The number of nitrogens with one attached hydrogen (secondary N) is 1. The molecule has 0 bridgehead atoms. The van der Waals surface area contributed by atoms with Gasteiger partial charge >= 0.3 is 0 Å². The van der Waals surface area contributed by atoms with Crippen molar-refractivity contribution in [1.82, 2.24) is 10.2 Å². The van der Waals surface area contributed by atoms with Crippen LogP contribution in [0.5, 0.6) is 0 Å². The summed E-state index contributed by atoms with van der Waals surface area (Å²) in [6.07, 6.45) is 0. The van der Waals surface area contributed by atoms with Gasteiger partial charge in [-0.15, -0.1) is 10.2 Å². The monoisotopic (exact) mass is 415 g/mol. The molecule has 3 aromatic carbocycles. The number of hydrogen-bond acceptors (Lipinski definition) is 4. The average molecular weight is 416 g/mol. The van der Waals surface area contributed by atoms with Gasteiger partial charge in [-0.2, -0.15) is 0 Å². The summed E-state index contributed by atoms with van der Waals surface area (Å²) in [6, 6.07) is 14.5. The van der Waals surface area contributed by atoms with Crippen molar-refractivity contribution in [1.29, 1.82) is 0 Å². The molecule has 1 N–H and O–H groups in total. The minimum atomic E-state index is -0.747. The first-order valence-electron chi connectivity index (χ1n) is 8.56. The van der Waals surface area contributed by atoms with E-state index in [4.69, 9.17) is 16.0 Å². The molecule has 0 spiro atoms. The Bertz CT molecular complexity index is 1150. The third-order valence-corrected chi connectivity index (χ3v) is 4.52. The molecule has 0 fully saturated rings. The molecule has 1 heterocycles. The molecule has 4 nitrogen and oxygen atoms in total. The van der Waals surface area contributed by atoms with Crippen LogP contribution < -0.4 is 5.32 Å². The van der Waals surface area contributed by atoms with Crippen LogP contribution in [0, 0.1) is 17.5 Å². The number of aromatic nitrogens is 2. The highest BCUT2D eigenvalue weighted by atomic mass is 35.5. The topological polar surface area (TPSA) is 51.0 Å². The summed E-state index contributed by atoms with van der Waals surface area (Å²) < 4.78 is 46.0. The Morgan fingerprint density at radius 2 is 1.55 bits per heavy atom. The van der Waals surface area contributed by atoms with Gasteiger partial charge in [0.15, 0.2) is 0 Å². The van der Waals surface area contributed by atoms with E-state index in [-0.39, 0.29) is 16.8 Å². The fraction of sp³-hybridized carbons (Fsp3) is 0.0476. The first-order chi connectivity index (χ1) is 14.0. The van der Waals surface area contributed by atoms with Crippen molar-refractivity contribution in [2.75, 3.05) is 5.32 Å². The second-order valence-electron chi connectivity index (χ2n) is 6.21. The Hall–Kier alpha value is -3.32. The third kappa shape index (κ3) is 4.25. The lowest BCUT2D eigenvalue weighted by Crippen LogP contribution is -2.13. The van der Waals surface area contributed by atoms with Crippen molar-refractivity contribution in [3.63, 3.8) is 0 Å². The smallest absolute Gasteiger partial charge is 0.247 e. The SMILES string of the molecule is Fc1ccc(NC(c2nnc(-c3cccc(F)c3)o2)c2ccc(F)cc2Cl)cc1. The number of hydrogen-bond donors (Lipinski definition) is 1. The largest absolute Gasteiger partial charge is 0.418 e. The Morgan fingerprint density at radius 3 is 2.28 bits per heavy atom. The summed E-state index contributed by atoms with van der Waals surface area (Å²) in [5.74, 6) is -1.08. The van der Waals surface area contributed by atoms with Crippen molar-refractivity contribution >= 4 is 17.3 Å². The lowest BCUT2D eigenvalue weighted by molar-refractivity contribution is 0.493. The zero-order valence-corrected chi connectivity index (χ0v) is 15.5. The first kappa shape index (κ1) is 19.0. The highest BCUT2D eigenvalue weighted by Crippen LogP contribution is 2.33. The van der Waals surface area contributed by atoms with Gasteiger partial charge in [0.1, 0.15) is 23.5 Å². The molecule has 0 aliphatic rings. The minimum Gasteiger partial charge on any atom is -0.418 e. The first-order valence-corrected chi connectivity index (χ1v) is 8.94. The molecule has 0 amide bonds. The molecule has 4 aromatic rings. The number of halogens is 4. The van der Waals surface area contributed by atoms with Gasteiger partial charge in [0, 0.05) is 21.8 Å². The van der Waals surface area contributed by atoms with E-state index in [9.17, 15) is 13.2 Å². The van der Waals surface area contributed by atoms with Gasteiger partial charge in [-0.3, -0.25) is 0 Å². The summed E-state index contributed by atoms with van der Waals surface area (Å²) >= 11 is 6.23. The van der Waals surface area contributed by atoms with Crippen molar-refractivity contribution < 1.29 is 17.6 Å². The lowest BCUT2D eigenvalue weighted by Gasteiger charge is -2.18. The molecule has 0 saturated heterocycles. The van der Waals surface area contributed by atoms with Gasteiger partial charge < -0.3 is 9.73 Å². The van der Waals surface area contributed by atoms with Gasteiger partial charge in [-0.1, -0.05) is 23.7 Å². The molecule has 1 unspecified atom stereocenters. The van der Waals surface area contributed by atoms with Crippen LogP contribution in [-0.2, 0) is 0 Å². The molecule has 146 valence electrons. The Kier molecular flexibility index (Phi) is 5.22. The number of nitrogens with zero attached hydrogens (tertiary/aromatic N) is 2. The fourth-order valence-corrected chi connectivity index (χ4v) is 3.09. The molecule has 0 aliphatic heterocycles. The van der Waals surface area contributed by atoms with Crippen molar-refractivity contribution in [3.05, 3.63) is 101 Å². The van der Waals surface area contributed by atoms with Crippen LogP contribution in [0.2, 0.25) is 5.02 Å². The maximum atomic E-state index is 13.5. The average Bonchev–Trinajstić information content (AvgIpc) is 3.18. The van der Waals surface area contributed by atoms with Crippen LogP contribution in [0.1, 0.15) is 17.5 Å². The zero-order chi connectivity index (χ0) is 20.4. The van der Waals surface area contributed by atoms with Gasteiger partial charge in [-0.25, -0.2) is 13.2 Å². The zero-order valence-electron chi connectivity index (χ0n) is 14.7. The van der Waals surface area contributed by atoms with E-state index in [2.05, 4.69) is 15.5 Å². The van der Waals surface area contributed by atoms with Crippen LogP contribution in [0.3, 0.4) is 0 Å². The van der Waals surface area contributed by atoms with E-state index in [1.807, 2.05) is 0 Å².